The summed E-state index contributed by atoms with van der Waals surface area (Å²) in [4.78, 5) is 39.7. The molecule has 2 rings (SSSR count). The van der Waals surface area contributed by atoms with E-state index in [1.807, 2.05) is 0 Å². The van der Waals surface area contributed by atoms with Crippen molar-refractivity contribution in [1.82, 2.24) is 4.98 Å². The number of ketones is 1. The first-order valence-electron chi connectivity index (χ1n) is 6.91. The van der Waals surface area contributed by atoms with Gasteiger partial charge in [0.15, 0.2) is 5.78 Å². The van der Waals surface area contributed by atoms with Gasteiger partial charge in [0, 0.05) is 17.0 Å². The molecule has 23 heavy (non-hydrogen) atoms. The fraction of sp³-hybridized carbons (Fsp3) is 0.235. The summed E-state index contributed by atoms with van der Waals surface area (Å²) in [6.45, 7) is 3.37. The van der Waals surface area contributed by atoms with E-state index in [1.54, 1.807) is 26.0 Å². The van der Waals surface area contributed by atoms with E-state index >= 15 is 0 Å². The molecule has 1 aromatic heterocycles. The number of esters is 2. The zero-order valence-corrected chi connectivity index (χ0v) is 13.4. The Morgan fingerprint density at radius 3 is 1.91 bits per heavy atom. The van der Waals surface area contributed by atoms with Crippen molar-refractivity contribution in [3.63, 3.8) is 0 Å². The Labute approximate surface area is 133 Å². The summed E-state index contributed by atoms with van der Waals surface area (Å²) in [7, 11) is 2.50. The van der Waals surface area contributed by atoms with Crippen LogP contribution >= 0.6 is 0 Å². The monoisotopic (exact) mass is 315 g/mol. The average molecular weight is 315 g/mol. The number of hydrogen-bond acceptors (Lipinski definition) is 5. The number of carbonyl (C=O) groups is 3. The first-order valence-corrected chi connectivity index (χ1v) is 6.91. The fourth-order valence-electron chi connectivity index (χ4n) is 2.53. The molecule has 0 saturated heterocycles. The van der Waals surface area contributed by atoms with Gasteiger partial charge in [0.25, 0.3) is 0 Å². The number of nitrogens with one attached hydrogen (secondary N) is 1. The van der Waals surface area contributed by atoms with E-state index in [2.05, 4.69) is 4.98 Å². The minimum Gasteiger partial charge on any atom is -0.465 e. The summed E-state index contributed by atoms with van der Waals surface area (Å²) in [6, 6.07) is 6.31. The fourth-order valence-corrected chi connectivity index (χ4v) is 2.53. The maximum Gasteiger partial charge on any atom is 0.340 e. The molecule has 0 aliphatic carbocycles. The summed E-state index contributed by atoms with van der Waals surface area (Å²) >= 11 is 0. The second-order valence-electron chi connectivity index (χ2n) is 4.98. The van der Waals surface area contributed by atoms with Gasteiger partial charge in [-0.1, -0.05) is 18.2 Å². The van der Waals surface area contributed by atoms with E-state index in [1.165, 1.54) is 26.4 Å². The van der Waals surface area contributed by atoms with Crippen LogP contribution in [0.1, 0.15) is 48.0 Å². The van der Waals surface area contributed by atoms with Crippen LogP contribution in [0.2, 0.25) is 0 Å². The van der Waals surface area contributed by atoms with Crippen molar-refractivity contribution in [3.8, 4) is 0 Å². The van der Waals surface area contributed by atoms with E-state index in [4.69, 9.17) is 9.47 Å². The maximum absolute atomic E-state index is 12.9. The molecular weight excluding hydrogens is 298 g/mol. The average Bonchev–Trinajstić information content (AvgIpc) is 2.86. The first kappa shape index (κ1) is 16.5. The summed E-state index contributed by atoms with van der Waals surface area (Å²) in [5.41, 5.74) is 1.77. The van der Waals surface area contributed by atoms with Gasteiger partial charge in [-0.25, -0.2) is 9.59 Å². The molecule has 0 aliphatic heterocycles. The minimum atomic E-state index is -0.613. The quantitative estimate of drug-likeness (QED) is 0.692. The standard InChI is InChI=1S/C17H17NO5/c1-9-13(14(10(2)18-9)17(21)23-4)15(19)11-7-5-6-8-12(11)16(20)22-3/h5-8,18H,1-4H3. The van der Waals surface area contributed by atoms with Gasteiger partial charge >= 0.3 is 11.9 Å². The highest BCUT2D eigenvalue weighted by Gasteiger charge is 2.28. The lowest BCUT2D eigenvalue weighted by molar-refractivity contribution is 0.0592. The molecule has 0 bridgehead atoms. The number of methoxy groups -OCH3 is 2. The summed E-state index contributed by atoms with van der Waals surface area (Å²) in [5, 5.41) is 0. The molecular formula is C17H17NO5. The number of rotatable bonds is 4. The number of aromatic amines is 1. The van der Waals surface area contributed by atoms with Crippen LogP contribution in [0.4, 0.5) is 0 Å². The Morgan fingerprint density at radius 1 is 0.826 bits per heavy atom. The van der Waals surface area contributed by atoms with E-state index in [0.29, 0.717) is 11.4 Å². The molecule has 1 N–H and O–H groups in total. The van der Waals surface area contributed by atoms with Gasteiger partial charge in [-0.15, -0.1) is 0 Å². The van der Waals surface area contributed by atoms with E-state index in [0.717, 1.165) is 0 Å². The van der Waals surface area contributed by atoms with Crippen molar-refractivity contribution in [2.24, 2.45) is 0 Å². The second-order valence-corrected chi connectivity index (χ2v) is 4.98. The highest BCUT2D eigenvalue weighted by atomic mass is 16.5. The maximum atomic E-state index is 12.9. The van der Waals surface area contributed by atoms with Gasteiger partial charge in [-0.05, 0) is 19.9 Å². The molecule has 0 aliphatic rings. The van der Waals surface area contributed by atoms with Crippen LogP contribution < -0.4 is 0 Å². The Kier molecular flexibility index (Phi) is 4.64. The molecule has 0 radical (unpaired) electrons. The molecule has 0 atom stereocenters. The number of hydrogen-bond donors (Lipinski definition) is 1. The van der Waals surface area contributed by atoms with E-state index in [-0.39, 0.29) is 22.3 Å². The van der Waals surface area contributed by atoms with Gasteiger partial charge in [0.1, 0.15) is 0 Å². The summed E-state index contributed by atoms with van der Waals surface area (Å²) in [6.07, 6.45) is 0. The smallest absolute Gasteiger partial charge is 0.340 e. The van der Waals surface area contributed by atoms with Crippen LogP contribution in [0.25, 0.3) is 0 Å². The second kappa shape index (κ2) is 6.48. The summed E-state index contributed by atoms with van der Waals surface area (Å²) < 4.78 is 9.46. The largest absolute Gasteiger partial charge is 0.465 e. The number of aryl methyl sites for hydroxylation is 2. The van der Waals surface area contributed by atoms with Crippen molar-refractivity contribution < 1.29 is 23.9 Å². The van der Waals surface area contributed by atoms with Crippen LogP contribution in [0.15, 0.2) is 24.3 Å². The lowest BCUT2D eigenvalue weighted by Gasteiger charge is -2.08. The number of carbonyl (C=O) groups excluding carboxylic acids is 3. The topological polar surface area (TPSA) is 85.5 Å². The molecule has 0 saturated carbocycles. The number of aromatic nitrogens is 1. The van der Waals surface area contributed by atoms with Gasteiger partial charge in [-0.2, -0.15) is 0 Å². The molecule has 2 aromatic rings. The third kappa shape index (κ3) is 2.88. The zero-order valence-electron chi connectivity index (χ0n) is 13.4. The van der Waals surface area contributed by atoms with Gasteiger partial charge in [0.05, 0.1) is 30.9 Å². The third-order valence-electron chi connectivity index (χ3n) is 3.57. The molecule has 120 valence electrons. The van der Waals surface area contributed by atoms with E-state index in [9.17, 15) is 14.4 Å². The van der Waals surface area contributed by atoms with Gasteiger partial charge in [-0.3, -0.25) is 4.79 Å². The Morgan fingerprint density at radius 2 is 1.35 bits per heavy atom. The predicted octanol–water partition coefficient (Wildman–Crippen LogP) is 2.44. The lowest BCUT2D eigenvalue weighted by atomic mass is 9.95. The number of H-pyrrole nitrogens is 1. The number of benzene rings is 1. The van der Waals surface area contributed by atoms with Gasteiger partial charge < -0.3 is 14.5 Å². The Bertz CT molecular complexity index is 788. The Balaban J connectivity index is 2.64. The van der Waals surface area contributed by atoms with Crippen molar-refractivity contribution >= 4 is 17.7 Å². The lowest BCUT2D eigenvalue weighted by Crippen LogP contribution is -2.15. The van der Waals surface area contributed by atoms with Crippen LogP contribution in [-0.4, -0.2) is 36.9 Å². The van der Waals surface area contributed by atoms with Crippen molar-refractivity contribution in [3.05, 3.63) is 57.9 Å². The molecule has 6 heteroatoms. The highest BCUT2D eigenvalue weighted by molar-refractivity contribution is 6.19. The zero-order chi connectivity index (χ0) is 17.1. The third-order valence-corrected chi connectivity index (χ3v) is 3.57. The first-order chi connectivity index (χ1) is 10.9. The summed E-state index contributed by atoms with van der Waals surface area (Å²) in [5.74, 6) is -1.66. The van der Waals surface area contributed by atoms with Crippen LogP contribution in [-0.2, 0) is 9.47 Å². The molecule has 0 fully saturated rings. The SMILES string of the molecule is COC(=O)c1ccccc1C(=O)c1c(C)[nH]c(C)c1C(=O)OC. The van der Waals surface area contributed by atoms with Crippen LogP contribution in [0.5, 0.6) is 0 Å². The predicted molar refractivity (Wildman–Crippen MR) is 82.8 cm³/mol. The van der Waals surface area contributed by atoms with Crippen molar-refractivity contribution in [2.75, 3.05) is 14.2 Å². The van der Waals surface area contributed by atoms with Crippen molar-refractivity contribution in [2.45, 2.75) is 13.8 Å². The molecule has 0 spiro atoms. The highest BCUT2D eigenvalue weighted by Crippen LogP contribution is 2.24. The minimum absolute atomic E-state index is 0.147. The van der Waals surface area contributed by atoms with Crippen LogP contribution in [0.3, 0.4) is 0 Å². The van der Waals surface area contributed by atoms with Crippen molar-refractivity contribution in [1.29, 1.82) is 0 Å². The number of ether oxygens (including phenoxy) is 2. The normalized spacial score (nSPS) is 10.3. The molecule has 1 heterocycles. The Hall–Kier alpha value is -2.89. The van der Waals surface area contributed by atoms with Crippen LogP contribution in [0, 0.1) is 13.8 Å². The molecule has 1 aromatic carbocycles. The molecule has 0 amide bonds. The molecule has 6 nitrogen and oxygen atoms in total. The van der Waals surface area contributed by atoms with Gasteiger partial charge in [0.2, 0.25) is 0 Å². The van der Waals surface area contributed by atoms with E-state index < -0.39 is 17.7 Å². The molecule has 0 unspecified atom stereocenters.